The van der Waals surface area contributed by atoms with Gasteiger partial charge in [-0.3, -0.25) is 0 Å². The van der Waals surface area contributed by atoms with Crippen molar-refractivity contribution in [1.82, 2.24) is 9.97 Å². The molecule has 0 spiro atoms. The van der Waals surface area contributed by atoms with Crippen LogP contribution in [0.3, 0.4) is 0 Å². The third-order valence-corrected chi connectivity index (χ3v) is 2.64. The molecule has 1 fully saturated rings. The van der Waals surface area contributed by atoms with Crippen LogP contribution in [0.15, 0.2) is 12.3 Å². The number of aromatic nitrogens is 2. The fraction of sp³-hybridized carbons (Fsp3) is 0.600. The van der Waals surface area contributed by atoms with Gasteiger partial charge in [0.2, 0.25) is 0 Å². The number of ether oxygens (including phenoxy) is 1. The minimum Gasteiger partial charge on any atom is -0.463 e. The van der Waals surface area contributed by atoms with E-state index in [1.54, 1.807) is 12.3 Å². The van der Waals surface area contributed by atoms with Crippen LogP contribution in [0, 0.1) is 5.92 Å². The topological polar surface area (TPSA) is 61.0 Å². The number of nitrogens with two attached hydrogens (primary N) is 1. The van der Waals surface area contributed by atoms with Crippen molar-refractivity contribution in [3.8, 4) is 6.01 Å². The number of nitrogen functional groups attached to an aromatic ring is 1. The van der Waals surface area contributed by atoms with E-state index < -0.39 is 0 Å². The Kier molecular flexibility index (Phi) is 2.81. The van der Waals surface area contributed by atoms with Crippen LogP contribution in [0.2, 0.25) is 0 Å². The van der Waals surface area contributed by atoms with Gasteiger partial charge in [-0.15, -0.1) is 0 Å². The molecule has 1 heterocycles. The van der Waals surface area contributed by atoms with Crippen LogP contribution < -0.4 is 10.5 Å². The van der Waals surface area contributed by atoms with Crippen molar-refractivity contribution in [1.29, 1.82) is 0 Å². The van der Waals surface area contributed by atoms with E-state index in [2.05, 4.69) is 9.97 Å². The van der Waals surface area contributed by atoms with Gasteiger partial charge < -0.3 is 10.5 Å². The predicted octanol–water partition coefficient (Wildman–Crippen LogP) is 1.63. The van der Waals surface area contributed by atoms with Gasteiger partial charge >= 0.3 is 6.01 Å². The highest BCUT2D eigenvalue weighted by molar-refractivity contribution is 5.26. The summed E-state index contributed by atoms with van der Waals surface area (Å²) < 4.78 is 5.39. The third kappa shape index (κ3) is 2.34. The quantitative estimate of drug-likeness (QED) is 0.789. The monoisotopic (exact) mass is 193 g/mol. The third-order valence-electron chi connectivity index (χ3n) is 2.64. The molecule has 4 heteroatoms. The van der Waals surface area contributed by atoms with Gasteiger partial charge in [-0.2, -0.15) is 4.98 Å². The summed E-state index contributed by atoms with van der Waals surface area (Å²) in [6.07, 6.45) is 6.79. The molecule has 0 amide bonds. The SMILES string of the molecule is Nc1ccnc(OCCC2CCC2)n1. The van der Waals surface area contributed by atoms with Gasteiger partial charge in [0, 0.05) is 6.20 Å². The summed E-state index contributed by atoms with van der Waals surface area (Å²) in [5.74, 6) is 1.31. The van der Waals surface area contributed by atoms with Gasteiger partial charge in [0.05, 0.1) is 6.61 Å². The number of rotatable bonds is 4. The highest BCUT2D eigenvalue weighted by Crippen LogP contribution is 2.29. The Balaban J connectivity index is 1.74. The molecule has 0 bridgehead atoms. The normalized spacial score (nSPS) is 16.3. The Morgan fingerprint density at radius 3 is 3.00 bits per heavy atom. The summed E-state index contributed by atoms with van der Waals surface area (Å²) in [7, 11) is 0. The molecule has 1 aliphatic rings. The molecule has 1 aliphatic carbocycles. The first-order valence-corrected chi connectivity index (χ1v) is 5.06. The molecule has 4 nitrogen and oxygen atoms in total. The second-order valence-electron chi connectivity index (χ2n) is 3.70. The lowest BCUT2D eigenvalue weighted by molar-refractivity contribution is 0.212. The van der Waals surface area contributed by atoms with E-state index in [0.717, 1.165) is 12.3 Å². The van der Waals surface area contributed by atoms with Gasteiger partial charge in [-0.1, -0.05) is 19.3 Å². The minimum absolute atomic E-state index is 0.393. The van der Waals surface area contributed by atoms with Crippen molar-refractivity contribution in [3.05, 3.63) is 12.3 Å². The van der Waals surface area contributed by atoms with Gasteiger partial charge in [0.15, 0.2) is 0 Å². The zero-order valence-electron chi connectivity index (χ0n) is 8.15. The zero-order valence-corrected chi connectivity index (χ0v) is 8.15. The highest BCUT2D eigenvalue weighted by Gasteiger charge is 2.16. The van der Waals surface area contributed by atoms with Crippen molar-refractivity contribution < 1.29 is 4.74 Å². The molecule has 2 rings (SSSR count). The molecule has 76 valence electrons. The molecule has 1 aromatic rings. The van der Waals surface area contributed by atoms with Crippen LogP contribution in [-0.2, 0) is 0 Å². The lowest BCUT2D eigenvalue weighted by Gasteiger charge is -2.24. The Bertz CT molecular complexity index is 299. The van der Waals surface area contributed by atoms with Crippen molar-refractivity contribution >= 4 is 5.82 Å². The summed E-state index contributed by atoms with van der Waals surface area (Å²) in [5.41, 5.74) is 5.50. The standard InChI is InChI=1S/C10H15N3O/c11-9-4-6-12-10(13-9)14-7-5-8-2-1-3-8/h4,6,8H,1-3,5,7H2,(H2,11,12,13). The zero-order chi connectivity index (χ0) is 9.80. The highest BCUT2D eigenvalue weighted by atomic mass is 16.5. The molecule has 1 aromatic heterocycles. The molecule has 14 heavy (non-hydrogen) atoms. The van der Waals surface area contributed by atoms with E-state index in [1.807, 2.05) is 0 Å². The van der Waals surface area contributed by atoms with Crippen LogP contribution in [0.1, 0.15) is 25.7 Å². The van der Waals surface area contributed by atoms with Crippen LogP contribution >= 0.6 is 0 Å². The molecular formula is C10H15N3O. The van der Waals surface area contributed by atoms with E-state index in [4.69, 9.17) is 10.5 Å². The second-order valence-corrected chi connectivity index (χ2v) is 3.70. The van der Waals surface area contributed by atoms with Crippen molar-refractivity contribution in [2.45, 2.75) is 25.7 Å². The van der Waals surface area contributed by atoms with Crippen LogP contribution in [0.25, 0.3) is 0 Å². The average molecular weight is 193 g/mol. The van der Waals surface area contributed by atoms with E-state index >= 15 is 0 Å². The number of hydrogen-bond acceptors (Lipinski definition) is 4. The molecule has 2 N–H and O–H groups in total. The lowest BCUT2D eigenvalue weighted by atomic mass is 9.83. The molecule has 0 atom stereocenters. The average Bonchev–Trinajstić information content (AvgIpc) is 2.09. The minimum atomic E-state index is 0.393. The smallest absolute Gasteiger partial charge is 0.318 e. The summed E-state index contributed by atoms with van der Waals surface area (Å²) in [5, 5.41) is 0. The van der Waals surface area contributed by atoms with Gasteiger partial charge in [-0.25, -0.2) is 4.98 Å². The van der Waals surface area contributed by atoms with Gasteiger partial charge in [0.1, 0.15) is 5.82 Å². The first-order chi connectivity index (χ1) is 6.84. The Labute approximate surface area is 83.5 Å². The predicted molar refractivity (Wildman–Crippen MR) is 53.9 cm³/mol. The van der Waals surface area contributed by atoms with Crippen molar-refractivity contribution in [2.24, 2.45) is 5.92 Å². The summed E-state index contributed by atoms with van der Waals surface area (Å²) >= 11 is 0. The largest absolute Gasteiger partial charge is 0.463 e. The summed E-state index contributed by atoms with van der Waals surface area (Å²) in [6.45, 7) is 0.702. The van der Waals surface area contributed by atoms with Crippen LogP contribution in [-0.4, -0.2) is 16.6 Å². The first-order valence-electron chi connectivity index (χ1n) is 5.06. The number of anilines is 1. The first kappa shape index (κ1) is 9.24. The molecule has 1 saturated carbocycles. The van der Waals surface area contributed by atoms with Crippen LogP contribution in [0.5, 0.6) is 6.01 Å². The molecule has 0 aromatic carbocycles. The fourth-order valence-electron chi connectivity index (χ4n) is 1.52. The van der Waals surface area contributed by atoms with Gasteiger partial charge in [-0.05, 0) is 18.4 Å². The second kappa shape index (κ2) is 4.26. The number of nitrogens with zero attached hydrogens (tertiary/aromatic N) is 2. The van der Waals surface area contributed by atoms with Crippen LogP contribution in [0.4, 0.5) is 5.82 Å². The van der Waals surface area contributed by atoms with E-state index in [1.165, 1.54) is 19.3 Å². The van der Waals surface area contributed by atoms with E-state index in [-0.39, 0.29) is 0 Å². The lowest BCUT2D eigenvalue weighted by Crippen LogP contribution is -2.15. The van der Waals surface area contributed by atoms with E-state index in [0.29, 0.717) is 18.4 Å². The maximum absolute atomic E-state index is 5.50. The Morgan fingerprint density at radius 2 is 2.36 bits per heavy atom. The van der Waals surface area contributed by atoms with Gasteiger partial charge in [0.25, 0.3) is 0 Å². The molecular weight excluding hydrogens is 178 g/mol. The van der Waals surface area contributed by atoms with Crippen molar-refractivity contribution in [3.63, 3.8) is 0 Å². The summed E-state index contributed by atoms with van der Waals surface area (Å²) in [6, 6.07) is 2.04. The Morgan fingerprint density at radius 1 is 1.50 bits per heavy atom. The van der Waals surface area contributed by atoms with E-state index in [9.17, 15) is 0 Å². The fourth-order valence-corrected chi connectivity index (χ4v) is 1.52. The Hall–Kier alpha value is -1.32. The molecule has 0 aliphatic heterocycles. The molecule has 0 saturated heterocycles. The van der Waals surface area contributed by atoms with Crippen molar-refractivity contribution in [2.75, 3.05) is 12.3 Å². The number of hydrogen-bond donors (Lipinski definition) is 1. The molecule has 0 unspecified atom stereocenters. The maximum Gasteiger partial charge on any atom is 0.318 e. The summed E-state index contributed by atoms with van der Waals surface area (Å²) in [4.78, 5) is 7.93. The maximum atomic E-state index is 5.50. The molecule has 0 radical (unpaired) electrons.